The third-order valence-corrected chi connectivity index (χ3v) is 5.88. The largest absolute Gasteiger partial charge is 0.465 e. The van der Waals surface area contributed by atoms with Crippen molar-refractivity contribution in [1.82, 2.24) is 0 Å². The Hall–Kier alpha value is -1.65. The molecule has 2 atom stereocenters. The first kappa shape index (κ1) is 20.1. The molecule has 1 aliphatic heterocycles. The molecule has 0 aromatic heterocycles. The molecule has 0 saturated carbocycles. The molecule has 2 aliphatic rings. The number of carbonyl (C=O) groups excluding carboxylic acids is 2. The minimum Gasteiger partial charge on any atom is -0.465 e. The van der Waals surface area contributed by atoms with Gasteiger partial charge in [0.1, 0.15) is 5.92 Å². The maximum absolute atomic E-state index is 13.1. The highest BCUT2D eigenvalue weighted by atomic mass is 35.5. The predicted octanol–water partition coefficient (Wildman–Crippen LogP) is 5.37. The zero-order chi connectivity index (χ0) is 19.9. The molecule has 27 heavy (non-hydrogen) atoms. The lowest BCUT2D eigenvalue weighted by Gasteiger charge is -2.39. The van der Waals surface area contributed by atoms with Crippen LogP contribution in [0.2, 0.25) is 10.0 Å². The number of rotatable bonds is 3. The normalized spacial score (nSPS) is 24.4. The van der Waals surface area contributed by atoms with Crippen LogP contribution in [-0.2, 0) is 14.3 Å². The molecule has 1 unspecified atom stereocenters. The fourth-order valence-corrected chi connectivity index (χ4v) is 4.35. The number of carbonyl (C=O) groups is 2. The van der Waals surface area contributed by atoms with Gasteiger partial charge in [0.25, 0.3) is 0 Å². The first-order valence-corrected chi connectivity index (χ1v) is 9.83. The maximum atomic E-state index is 13.1. The summed E-state index contributed by atoms with van der Waals surface area (Å²) in [6.45, 7) is 7.97. The van der Waals surface area contributed by atoms with Crippen molar-refractivity contribution in [1.29, 1.82) is 0 Å². The summed E-state index contributed by atoms with van der Waals surface area (Å²) in [6, 6.07) is 5.25. The van der Waals surface area contributed by atoms with Crippen LogP contribution in [-0.4, -0.2) is 24.1 Å². The molecular weight excluding hydrogens is 385 g/mol. The number of allylic oxidation sites excluding steroid dienone is 2. The number of hydrogen-bond donors (Lipinski definition) is 0. The quantitative estimate of drug-likeness (QED) is 0.632. The Morgan fingerprint density at radius 1 is 1.26 bits per heavy atom. The van der Waals surface area contributed by atoms with Gasteiger partial charge < -0.3 is 4.74 Å². The molecule has 1 heterocycles. The van der Waals surface area contributed by atoms with Gasteiger partial charge in [-0.05, 0) is 43.4 Å². The van der Waals surface area contributed by atoms with E-state index in [1.54, 1.807) is 19.1 Å². The van der Waals surface area contributed by atoms with Gasteiger partial charge in [-0.3, -0.25) is 14.6 Å². The summed E-state index contributed by atoms with van der Waals surface area (Å²) in [4.78, 5) is 30.5. The lowest BCUT2D eigenvalue weighted by Crippen LogP contribution is -2.39. The zero-order valence-electron chi connectivity index (χ0n) is 15.9. The second-order valence-electron chi connectivity index (χ2n) is 7.94. The van der Waals surface area contributed by atoms with Crippen LogP contribution >= 0.6 is 23.2 Å². The topological polar surface area (TPSA) is 55.7 Å². The van der Waals surface area contributed by atoms with Gasteiger partial charge in [-0.2, -0.15) is 0 Å². The van der Waals surface area contributed by atoms with E-state index in [0.717, 1.165) is 11.3 Å². The van der Waals surface area contributed by atoms with Crippen molar-refractivity contribution in [3.05, 3.63) is 45.1 Å². The predicted molar refractivity (Wildman–Crippen MR) is 107 cm³/mol. The number of esters is 1. The van der Waals surface area contributed by atoms with Gasteiger partial charge >= 0.3 is 5.97 Å². The molecule has 6 heteroatoms. The smallest absolute Gasteiger partial charge is 0.315 e. The van der Waals surface area contributed by atoms with E-state index in [4.69, 9.17) is 27.9 Å². The van der Waals surface area contributed by atoms with Crippen LogP contribution in [0.4, 0.5) is 0 Å². The molecule has 1 aromatic rings. The van der Waals surface area contributed by atoms with Gasteiger partial charge in [-0.1, -0.05) is 43.1 Å². The van der Waals surface area contributed by atoms with E-state index in [1.807, 2.05) is 13.0 Å². The van der Waals surface area contributed by atoms with E-state index < -0.39 is 11.8 Å². The minimum atomic E-state index is -0.647. The maximum Gasteiger partial charge on any atom is 0.315 e. The standard InChI is InChI=1S/C21H23Cl2NO3/c1-5-27-20(26)17-11(2)24-15-9-21(3,4)10-16(25)19(15)18(17)12-6-7-13(22)14(23)8-12/h6-8,17-18H,5,9-10H2,1-4H3/t17?,18-/m0/s1. The van der Waals surface area contributed by atoms with Crippen LogP contribution in [0.5, 0.6) is 0 Å². The van der Waals surface area contributed by atoms with E-state index in [-0.39, 0.29) is 23.8 Å². The summed E-state index contributed by atoms with van der Waals surface area (Å²) in [6.07, 6.45) is 1.12. The van der Waals surface area contributed by atoms with E-state index in [1.165, 1.54) is 0 Å². The van der Waals surface area contributed by atoms with Crippen LogP contribution in [0.3, 0.4) is 0 Å². The Kier molecular flexibility index (Phi) is 5.51. The molecule has 0 fully saturated rings. The van der Waals surface area contributed by atoms with Gasteiger partial charge in [0, 0.05) is 29.3 Å². The fourth-order valence-electron chi connectivity index (χ4n) is 4.05. The summed E-state index contributed by atoms with van der Waals surface area (Å²) in [5, 5.41) is 0.822. The Bertz CT molecular complexity index is 870. The highest BCUT2D eigenvalue weighted by molar-refractivity contribution is 6.42. The number of halogens is 2. The number of benzene rings is 1. The zero-order valence-corrected chi connectivity index (χ0v) is 17.4. The third kappa shape index (κ3) is 3.83. The first-order chi connectivity index (χ1) is 12.6. The van der Waals surface area contributed by atoms with Crippen LogP contribution < -0.4 is 0 Å². The second kappa shape index (κ2) is 7.40. The van der Waals surface area contributed by atoms with E-state index in [0.29, 0.717) is 34.2 Å². The molecule has 1 aliphatic carbocycles. The number of nitrogens with zero attached hydrogens (tertiary/aromatic N) is 1. The summed E-state index contributed by atoms with van der Waals surface area (Å²) in [5.74, 6) is -1.46. The highest BCUT2D eigenvalue weighted by Crippen LogP contribution is 2.48. The van der Waals surface area contributed by atoms with Gasteiger partial charge in [-0.25, -0.2) is 0 Å². The van der Waals surface area contributed by atoms with Gasteiger partial charge in [0.15, 0.2) is 5.78 Å². The minimum absolute atomic E-state index is 0.0304. The van der Waals surface area contributed by atoms with Gasteiger partial charge in [0.2, 0.25) is 0 Å². The third-order valence-electron chi connectivity index (χ3n) is 5.15. The number of ketones is 1. The van der Waals surface area contributed by atoms with Gasteiger partial charge in [0.05, 0.1) is 16.7 Å². The van der Waals surface area contributed by atoms with Crippen molar-refractivity contribution in [2.45, 2.75) is 46.5 Å². The summed E-state index contributed by atoms with van der Waals surface area (Å²) in [7, 11) is 0. The van der Waals surface area contributed by atoms with Crippen molar-refractivity contribution < 1.29 is 14.3 Å². The molecule has 4 nitrogen and oxygen atoms in total. The molecule has 1 aromatic carbocycles. The Labute approximate surface area is 169 Å². The highest BCUT2D eigenvalue weighted by Gasteiger charge is 2.46. The lowest BCUT2D eigenvalue weighted by molar-refractivity contribution is -0.146. The number of Topliss-reactive ketones (excluding diaryl/α,β-unsaturated/α-hetero) is 1. The van der Waals surface area contributed by atoms with E-state index >= 15 is 0 Å². The molecule has 0 spiro atoms. The molecule has 144 valence electrons. The number of ether oxygens (including phenoxy) is 1. The Balaban J connectivity index is 2.19. The summed E-state index contributed by atoms with van der Waals surface area (Å²) < 4.78 is 5.30. The number of hydrogen-bond acceptors (Lipinski definition) is 4. The molecule has 0 N–H and O–H groups in total. The van der Waals surface area contributed by atoms with Crippen LogP contribution in [0.15, 0.2) is 34.5 Å². The second-order valence-corrected chi connectivity index (χ2v) is 8.75. The summed E-state index contributed by atoms with van der Waals surface area (Å²) >= 11 is 12.3. The molecule has 0 radical (unpaired) electrons. The van der Waals surface area contributed by atoms with Crippen LogP contribution in [0, 0.1) is 11.3 Å². The van der Waals surface area contributed by atoms with E-state index in [9.17, 15) is 9.59 Å². The summed E-state index contributed by atoms with van der Waals surface area (Å²) in [5.41, 5.74) is 2.66. The van der Waals surface area contributed by atoms with Crippen molar-refractivity contribution in [2.24, 2.45) is 16.3 Å². The van der Waals surface area contributed by atoms with Crippen molar-refractivity contribution in [3.63, 3.8) is 0 Å². The van der Waals surface area contributed by atoms with Crippen LogP contribution in [0.1, 0.15) is 52.0 Å². The SMILES string of the molecule is CCOC(=O)C1C(C)=NC2=C(C(=O)CC(C)(C)C2)[C@H]1c1ccc(Cl)c(Cl)c1. The van der Waals surface area contributed by atoms with Crippen molar-refractivity contribution in [3.8, 4) is 0 Å². The fraction of sp³-hybridized carbons (Fsp3) is 0.476. The lowest BCUT2D eigenvalue weighted by atomic mass is 9.67. The molecule has 3 rings (SSSR count). The van der Waals surface area contributed by atoms with Crippen molar-refractivity contribution >= 4 is 40.7 Å². The van der Waals surface area contributed by atoms with Crippen LogP contribution in [0.25, 0.3) is 0 Å². The Morgan fingerprint density at radius 3 is 2.59 bits per heavy atom. The number of aliphatic imine (C=N–C) groups is 1. The molecule has 0 amide bonds. The average molecular weight is 408 g/mol. The average Bonchev–Trinajstić information content (AvgIpc) is 2.55. The monoisotopic (exact) mass is 407 g/mol. The first-order valence-electron chi connectivity index (χ1n) is 9.07. The molecule has 0 bridgehead atoms. The molecular formula is C21H23Cl2NO3. The van der Waals surface area contributed by atoms with E-state index in [2.05, 4.69) is 18.8 Å². The van der Waals surface area contributed by atoms with Crippen molar-refractivity contribution in [2.75, 3.05) is 6.61 Å². The molecule has 0 saturated heterocycles. The Morgan fingerprint density at radius 2 is 1.96 bits per heavy atom. The van der Waals surface area contributed by atoms with Gasteiger partial charge in [-0.15, -0.1) is 0 Å².